The molecule has 0 amide bonds. The van der Waals surface area contributed by atoms with E-state index >= 15 is 0 Å². The fourth-order valence-corrected chi connectivity index (χ4v) is 1.61. The van der Waals surface area contributed by atoms with Crippen molar-refractivity contribution in [2.75, 3.05) is 11.6 Å². The van der Waals surface area contributed by atoms with Crippen molar-refractivity contribution in [1.82, 2.24) is 5.43 Å². The summed E-state index contributed by atoms with van der Waals surface area (Å²) in [7, 11) is 0. The van der Waals surface area contributed by atoms with E-state index in [4.69, 9.17) is 18.0 Å². The molecule has 1 rings (SSSR count). The van der Waals surface area contributed by atoms with Gasteiger partial charge in [0.25, 0.3) is 0 Å². The Morgan fingerprint density at radius 3 is 2.56 bits per heavy atom. The maximum atomic E-state index is 5.68. The molecule has 0 bridgehead atoms. The Kier molecular flexibility index (Phi) is 5.82. The summed E-state index contributed by atoms with van der Waals surface area (Å²) >= 11 is 5.02. The van der Waals surface area contributed by atoms with Gasteiger partial charge in [-0.1, -0.05) is 38.0 Å². The van der Waals surface area contributed by atoms with Gasteiger partial charge in [0.2, 0.25) is 0 Å². The number of benzene rings is 1. The molecule has 0 radical (unpaired) electrons. The van der Waals surface area contributed by atoms with Gasteiger partial charge in [0.05, 0.1) is 5.69 Å². The second kappa shape index (κ2) is 7.19. The van der Waals surface area contributed by atoms with E-state index < -0.39 is 0 Å². The maximum absolute atomic E-state index is 5.68. The minimum atomic E-state index is 0.350. The van der Waals surface area contributed by atoms with Gasteiger partial charge in [-0.15, -0.1) is 0 Å². The lowest BCUT2D eigenvalue weighted by atomic mass is 10.2. The zero-order chi connectivity index (χ0) is 11.8. The van der Waals surface area contributed by atoms with Crippen LogP contribution in [0.1, 0.15) is 26.2 Å². The number of anilines is 1. The van der Waals surface area contributed by atoms with Gasteiger partial charge in [0, 0.05) is 6.54 Å². The summed E-state index contributed by atoms with van der Waals surface area (Å²) in [4.78, 5) is 0. The largest absolute Gasteiger partial charge is 0.375 e. The number of thiocarbonyl (C=S) groups is 1. The molecule has 0 aromatic heterocycles. The summed E-state index contributed by atoms with van der Waals surface area (Å²) in [5.41, 5.74) is 9.89. The van der Waals surface area contributed by atoms with Gasteiger partial charge < -0.3 is 5.73 Å². The third-order valence-corrected chi connectivity index (χ3v) is 2.47. The van der Waals surface area contributed by atoms with Crippen LogP contribution in [0.2, 0.25) is 0 Å². The number of para-hydroxylation sites is 1. The topological polar surface area (TPSA) is 41.3 Å². The highest BCUT2D eigenvalue weighted by atomic mass is 32.1. The van der Waals surface area contributed by atoms with E-state index in [2.05, 4.69) is 12.3 Å². The molecule has 3 nitrogen and oxygen atoms in total. The molecule has 0 unspecified atom stereocenters. The first-order valence-corrected chi connectivity index (χ1v) is 6.04. The Hall–Kier alpha value is -1.13. The second-order valence-electron chi connectivity index (χ2n) is 3.62. The zero-order valence-corrected chi connectivity index (χ0v) is 10.5. The number of nitrogens with two attached hydrogens (primary N) is 1. The van der Waals surface area contributed by atoms with Crippen molar-refractivity contribution < 1.29 is 0 Å². The van der Waals surface area contributed by atoms with E-state index in [0.717, 1.165) is 18.7 Å². The van der Waals surface area contributed by atoms with E-state index in [0.29, 0.717) is 5.11 Å². The van der Waals surface area contributed by atoms with E-state index in [1.807, 2.05) is 30.3 Å². The smallest absolute Gasteiger partial charge is 0.185 e. The van der Waals surface area contributed by atoms with E-state index in [1.54, 1.807) is 5.01 Å². The molecule has 0 heterocycles. The zero-order valence-electron chi connectivity index (χ0n) is 9.65. The number of rotatable bonds is 6. The first-order chi connectivity index (χ1) is 7.75. The van der Waals surface area contributed by atoms with E-state index in [1.165, 1.54) is 12.8 Å². The predicted octanol–water partition coefficient (Wildman–Crippen LogP) is 2.43. The molecule has 1 aromatic carbocycles. The Balaban J connectivity index is 2.52. The highest BCUT2D eigenvalue weighted by Crippen LogP contribution is 2.10. The molecular formula is C12H19N3S. The molecule has 0 atom stereocenters. The van der Waals surface area contributed by atoms with Crippen molar-refractivity contribution in [3.05, 3.63) is 30.3 Å². The predicted molar refractivity (Wildman–Crippen MR) is 73.2 cm³/mol. The van der Waals surface area contributed by atoms with Crippen LogP contribution >= 0.6 is 12.2 Å². The van der Waals surface area contributed by atoms with E-state index in [-0.39, 0.29) is 0 Å². The van der Waals surface area contributed by atoms with Gasteiger partial charge >= 0.3 is 0 Å². The molecule has 0 fully saturated rings. The molecule has 88 valence electrons. The summed E-state index contributed by atoms with van der Waals surface area (Å²) in [6.45, 7) is 3.07. The molecular weight excluding hydrogens is 218 g/mol. The SMILES string of the molecule is CCCCCNN(C(N)=S)c1ccccc1. The number of hydrogen-bond acceptors (Lipinski definition) is 2. The molecule has 0 saturated carbocycles. The summed E-state index contributed by atoms with van der Waals surface area (Å²) in [5, 5.41) is 2.10. The van der Waals surface area contributed by atoms with Crippen molar-refractivity contribution in [2.45, 2.75) is 26.2 Å². The van der Waals surface area contributed by atoms with Crippen LogP contribution in [0.15, 0.2) is 30.3 Å². The van der Waals surface area contributed by atoms with Crippen LogP contribution in [0.25, 0.3) is 0 Å². The Morgan fingerprint density at radius 2 is 2.00 bits per heavy atom. The third-order valence-electron chi connectivity index (χ3n) is 2.29. The fourth-order valence-electron chi connectivity index (χ4n) is 1.44. The lowest BCUT2D eigenvalue weighted by Crippen LogP contribution is -2.46. The van der Waals surface area contributed by atoms with Gasteiger partial charge in [-0.2, -0.15) is 0 Å². The molecule has 0 aliphatic rings. The number of hydrogen-bond donors (Lipinski definition) is 2. The van der Waals surface area contributed by atoms with Crippen LogP contribution in [0.4, 0.5) is 5.69 Å². The lowest BCUT2D eigenvalue weighted by Gasteiger charge is -2.23. The molecule has 0 aliphatic carbocycles. The standard InChI is InChI=1S/C12H19N3S/c1-2-3-7-10-14-15(12(13)16)11-8-5-4-6-9-11/h4-6,8-9,14H,2-3,7,10H2,1H3,(H2,13,16). The first-order valence-electron chi connectivity index (χ1n) is 5.63. The molecule has 0 saturated heterocycles. The Bertz CT molecular complexity index is 313. The second-order valence-corrected chi connectivity index (χ2v) is 4.04. The number of hydrazine groups is 1. The monoisotopic (exact) mass is 237 g/mol. The van der Waals surface area contributed by atoms with Crippen LogP contribution in [0, 0.1) is 0 Å². The minimum Gasteiger partial charge on any atom is -0.375 e. The number of nitrogens with zero attached hydrogens (tertiary/aromatic N) is 1. The molecule has 0 aliphatic heterocycles. The summed E-state index contributed by atoms with van der Waals surface area (Å²) < 4.78 is 0. The summed E-state index contributed by atoms with van der Waals surface area (Å²) in [5.74, 6) is 0. The maximum Gasteiger partial charge on any atom is 0.185 e. The minimum absolute atomic E-state index is 0.350. The number of nitrogens with one attached hydrogen (secondary N) is 1. The number of unbranched alkanes of at least 4 members (excludes halogenated alkanes) is 2. The van der Waals surface area contributed by atoms with Crippen molar-refractivity contribution in [3.63, 3.8) is 0 Å². The van der Waals surface area contributed by atoms with Gasteiger partial charge in [0.1, 0.15) is 0 Å². The molecule has 16 heavy (non-hydrogen) atoms. The Labute approximate surface area is 103 Å². The summed E-state index contributed by atoms with van der Waals surface area (Å²) in [6, 6.07) is 9.86. The highest BCUT2D eigenvalue weighted by Gasteiger charge is 2.07. The fraction of sp³-hybridized carbons (Fsp3) is 0.417. The van der Waals surface area contributed by atoms with Crippen molar-refractivity contribution in [3.8, 4) is 0 Å². The third kappa shape index (κ3) is 4.16. The summed E-state index contributed by atoms with van der Waals surface area (Å²) in [6.07, 6.45) is 3.55. The van der Waals surface area contributed by atoms with Gasteiger partial charge in [0.15, 0.2) is 5.11 Å². The highest BCUT2D eigenvalue weighted by molar-refractivity contribution is 7.80. The first kappa shape index (κ1) is 12.9. The quantitative estimate of drug-likeness (QED) is 0.453. The van der Waals surface area contributed by atoms with Crippen molar-refractivity contribution in [1.29, 1.82) is 0 Å². The average molecular weight is 237 g/mol. The molecule has 1 aromatic rings. The van der Waals surface area contributed by atoms with Crippen LogP contribution < -0.4 is 16.2 Å². The molecule has 3 N–H and O–H groups in total. The van der Waals surface area contributed by atoms with E-state index in [9.17, 15) is 0 Å². The Morgan fingerprint density at radius 1 is 1.31 bits per heavy atom. The van der Waals surface area contributed by atoms with Crippen LogP contribution in [-0.2, 0) is 0 Å². The van der Waals surface area contributed by atoms with Gasteiger partial charge in [-0.3, -0.25) is 5.01 Å². The van der Waals surface area contributed by atoms with Crippen LogP contribution in [0.3, 0.4) is 0 Å². The lowest BCUT2D eigenvalue weighted by molar-refractivity contribution is 0.632. The molecule has 4 heteroatoms. The van der Waals surface area contributed by atoms with Crippen LogP contribution in [0.5, 0.6) is 0 Å². The van der Waals surface area contributed by atoms with Crippen molar-refractivity contribution >= 4 is 23.0 Å². The van der Waals surface area contributed by atoms with Crippen LogP contribution in [-0.4, -0.2) is 11.7 Å². The van der Waals surface area contributed by atoms with Gasteiger partial charge in [-0.25, -0.2) is 5.43 Å². The molecule has 0 spiro atoms. The average Bonchev–Trinajstić information content (AvgIpc) is 2.30. The van der Waals surface area contributed by atoms with Crippen molar-refractivity contribution in [2.24, 2.45) is 5.73 Å². The normalized spacial score (nSPS) is 10.1. The van der Waals surface area contributed by atoms with Gasteiger partial charge in [-0.05, 0) is 30.8 Å².